The molecule has 3 aromatic rings. The van der Waals surface area contributed by atoms with Crippen molar-refractivity contribution in [2.45, 2.75) is 39.5 Å². The molecular weight excluding hydrogens is 404 g/mol. The molecule has 2 N–H and O–H groups in total. The first-order valence-corrected chi connectivity index (χ1v) is 9.98. The number of hydrogen-bond acceptors (Lipinski definition) is 5. The summed E-state index contributed by atoms with van der Waals surface area (Å²) in [7, 11) is 1.64. The normalized spacial score (nSPS) is 11.6. The van der Waals surface area contributed by atoms with Crippen LogP contribution in [0.3, 0.4) is 0 Å². The quantitative estimate of drug-likeness (QED) is 0.393. The average Bonchev–Trinajstić information content (AvgIpc) is 3.24. The highest BCUT2D eigenvalue weighted by Gasteiger charge is 2.11. The lowest BCUT2D eigenvalue weighted by Crippen LogP contribution is -2.36. The summed E-state index contributed by atoms with van der Waals surface area (Å²) in [5.74, 6) is 1.85. The van der Waals surface area contributed by atoms with Crippen molar-refractivity contribution in [2.24, 2.45) is 4.99 Å². The molecule has 0 fully saturated rings. The van der Waals surface area contributed by atoms with Crippen LogP contribution < -0.4 is 15.4 Å². The number of alkyl halides is 2. The largest absolute Gasteiger partial charge is 0.434 e. The lowest BCUT2D eigenvalue weighted by atomic mass is 10.1. The van der Waals surface area contributed by atoms with E-state index < -0.39 is 6.61 Å². The van der Waals surface area contributed by atoms with Gasteiger partial charge in [0, 0.05) is 37.7 Å². The Bertz CT molecular complexity index is 1010. The highest BCUT2D eigenvalue weighted by Crippen LogP contribution is 2.20. The van der Waals surface area contributed by atoms with E-state index >= 15 is 0 Å². The van der Waals surface area contributed by atoms with Gasteiger partial charge in [0.2, 0.25) is 0 Å². The maximum atomic E-state index is 12.6. The Hall–Kier alpha value is -3.49. The van der Waals surface area contributed by atoms with Gasteiger partial charge in [-0.3, -0.25) is 4.99 Å². The second-order valence-corrected chi connectivity index (χ2v) is 6.73. The van der Waals surface area contributed by atoms with E-state index in [2.05, 4.69) is 37.4 Å². The minimum atomic E-state index is -2.87. The maximum Gasteiger partial charge on any atom is 0.387 e. The Balaban J connectivity index is 1.59. The van der Waals surface area contributed by atoms with Gasteiger partial charge in [-0.2, -0.15) is 13.8 Å². The van der Waals surface area contributed by atoms with Gasteiger partial charge in [0.15, 0.2) is 11.8 Å². The molecule has 1 aromatic heterocycles. The van der Waals surface area contributed by atoms with Crippen LogP contribution >= 0.6 is 0 Å². The fourth-order valence-corrected chi connectivity index (χ4v) is 2.96. The Morgan fingerprint density at radius 1 is 1.13 bits per heavy atom. The number of ether oxygens (including phenoxy) is 1. The third-order valence-electron chi connectivity index (χ3n) is 4.43. The molecule has 3 rings (SSSR count). The number of nitrogens with zero attached hydrogens (tertiary/aromatic N) is 3. The second kappa shape index (κ2) is 11.1. The molecule has 2 aromatic carbocycles. The zero-order valence-electron chi connectivity index (χ0n) is 17.4. The summed E-state index contributed by atoms with van der Waals surface area (Å²) in [4.78, 5) is 8.59. The summed E-state index contributed by atoms with van der Waals surface area (Å²) in [6.45, 7) is -0.0281. The molecular formula is C22H25F2N5O2. The first-order valence-electron chi connectivity index (χ1n) is 9.98. The van der Waals surface area contributed by atoms with Crippen molar-refractivity contribution >= 4 is 5.96 Å². The molecule has 0 unspecified atom stereocenters. The number of para-hydroxylation sites is 1. The van der Waals surface area contributed by atoms with Crippen LogP contribution in [0, 0.1) is 0 Å². The lowest BCUT2D eigenvalue weighted by Gasteiger charge is -2.14. The van der Waals surface area contributed by atoms with Crippen molar-refractivity contribution < 1.29 is 18.0 Å². The van der Waals surface area contributed by atoms with E-state index in [-0.39, 0.29) is 12.3 Å². The van der Waals surface area contributed by atoms with Crippen LogP contribution in [0.5, 0.6) is 5.75 Å². The Morgan fingerprint density at radius 3 is 2.71 bits per heavy atom. The Kier molecular flexibility index (Phi) is 7.91. The smallest absolute Gasteiger partial charge is 0.387 e. The molecule has 0 atom stereocenters. The summed E-state index contributed by atoms with van der Waals surface area (Å²) in [6.07, 6.45) is 1.73. The van der Waals surface area contributed by atoms with Crippen LogP contribution in [0.1, 0.15) is 30.3 Å². The third kappa shape index (κ3) is 6.50. The van der Waals surface area contributed by atoms with E-state index in [0.717, 1.165) is 24.0 Å². The third-order valence-corrected chi connectivity index (χ3v) is 4.43. The number of halogens is 2. The number of aliphatic imine (C=N–C) groups is 1. The van der Waals surface area contributed by atoms with Gasteiger partial charge in [-0.05, 0) is 30.2 Å². The van der Waals surface area contributed by atoms with Gasteiger partial charge in [-0.15, -0.1) is 0 Å². The molecule has 0 aliphatic carbocycles. The molecule has 31 heavy (non-hydrogen) atoms. The van der Waals surface area contributed by atoms with Crippen molar-refractivity contribution in [1.29, 1.82) is 0 Å². The van der Waals surface area contributed by atoms with Gasteiger partial charge in [0.25, 0.3) is 5.89 Å². The van der Waals surface area contributed by atoms with Gasteiger partial charge in [0.1, 0.15) is 5.75 Å². The van der Waals surface area contributed by atoms with Gasteiger partial charge < -0.3 is 19.9 Å². The van der Waals surface area contributed by atoms with Crippen LogP contribution in [-0.4, -0.2) is 29.8 Å². The Labute approximate surface area is 179 Å². The number of aromatic nitrogens is 2. The van der Waals surface area contributed by atoms with E-state index in [1.165, 1.54) is 6.07 Å². The topological polar surface area (TPSA) is 84.6 Å². The summed E-state index contributed by atoms with van der Waals surface area (Å²) >= 11 is 0. The molecule has 0 spiro atoms. The number of hydrogen-bond donors (Lipinski definition) is 2. The number of guanidine groups is 1. The van der Waals surface area contributed by atoms with Crippen LogP contribution in [-0.2, 0) is 19.5 Å². The zero-order chi connectivity index (χ0) is 22.1. The van der Waals surface area contributed by atoms with Crippen LogP contribution in [0.15, 0.2) is 58.0 Å². The fourth-order valence-electron chi connectivity index (χ4n) is 2.96. The van der Waals surface area contributed by atoms with Gasteiger partial charge >= 0.3 is 6.61 Å². The molecule has 7 nitrogen and oxygen atoms in total. The minimum absolute atomic E-state index is 0.134. The molecule has 0 saturated carbocycles. The highest BCUT2D eigenvalue weighted by molar-refractivity contribution is 5.79. The molecule has 164 valence electrons. The van der Waals surface area contributed by atoms with Crippen LogP contribution in [0.2, 0.25) is 0 Å². The minimum Gasteiger partial charge on any atom is -0.434 e. The molecule has 0 aliphatic rings. The molecule has 9 heteroatoms. The van der Waals surface area contributed by atoms with E-state index in [1.807, 2.05) is 24.3 Å². The number of nitrogens with one attached hydrogen (secondary N) is 2. The molecule has 0 amide bonds. The number of aryl methyl sites for hydroxylation is 1. The standard InChI is InChI=1S/C22H25F2N5O2/c1-3-7-19-28-20(31-29-19)16-10-6-8-15(12-16)13-26-22(25-2)27-14-17-9-4-5-11-18(17)30-21(23)24/h4-6,8-12,21H,3,7,13-14H2,1-2H3,(H2,25,26,27). The molecule has 0 radical (unpaired) electrons. The average molecular weight is 429 g/mol. The van der Waals surface area contributed by atoms with Crippen LogP contribution in [0.4, 0.5) is 8.78 Å². The van der Waals surface area contributed by atoms with E-state index in [4.69, 9.17) is 4.52 Å². The highest BCUT2D eigenvalue weighted by atomic mass is 19.3. The van der Waals surface area contributed by atoms with E-state index in [0.29, 0.717) is 29.8 Å². The molecule has 0 aliphatic heterocycles. The molecule has 0 bridgehead atoms. The SMILES string of the molecule is CCCc1noc(-c2cccc(CNC(=NC)NCc3ccccc3OC(F)F)c2)n1. The first-order chi connectivity index (χ1) is 15.1. The van der Waals surface area contributed by atoms with Crippen molar-refractivity contribution in [3.63, 3.8) is 0 Å². The van der Waals surface area contributed by atoms with Gasteiger partial charge in [-0.1, -0.05) is 42.4 Å². The van der Waals surface area contributed by atoms with Crippen molar-refractivity contribution in [3.05, 3.63) is 65.5 Å². The second-order valence-electron chi connectivity index (χ2n) is 6.73. The zero-order valence-corrected chi connectivity index (χ0v) is 17.4. The van der Waals surface area contributed by atoms with Crippen LogP contribution in [0.25, 0.3) is 11.5 Å². The Morgan fingerprint density at radius 2 is 1.94 bits per heavy atom. The van der Waals surface area contributed by atoms with E-state index in [9.17, 15) is 8.78 Å². The molecule has 1 heterocycles. The van der Waals surface area contributed by atoms with Crippen molar-refractivity contribution in [3.8, 4) is 17.2 Å². The first kappa shape index (κ1) is 22.2. The summed E-state index contributed by atoms with van der Waals surface area (Å²) in [6, 6.07) is 14.4. The monoisotopic (exact) mass is 429 g/mol. The van der Waals surface area contributed by atoms with Crippen molar-refractivity contribution in [1.82, 2.24) is 20.8 Å². The maximum absolute atomic E-state index is 12.6. The fraction of sp³-hybridized carbons (Fsp3) is 0.318. The number of benzene rings is 2. The van der Waals surface area contributed by atoms with Gasteiger partial charge in [-0.25, -0.2) is 0 Å². The van der Waals surface area contributed by atoms with E-state index in [1.54, 1.807) is 25.2 Å². The van der Waals surface area contributed by atoms with Crippen molar-refractivity contribution in [2.75, 3.05) is 7.05 Å². The lowest BCUT2D eigenvalue weighted by molar-refractivity contribution is -0.0504. The number of rotatable bonds is 9. The summed E-state index contributed by atoms with van der Waals surface area (Å²) in [5, 5.41) is 10.3. The predicted molar refractivity (Wildman–Crippen MR) is 114 cm³/mol. The predicted octanol–water partition coefficient (Wildman–Crippen LogP) is 4.16. The van der Waals surface area contributed by atoms with Gasteiger partial charge in [0.05, 0.1) is 0 Å². The summed E-state index contributed by atoms with van der Waals surface area (Å²) in [5.41, 5.74) is 2.44. The summed E-state index contributed by atoms with van der Waals surface area (Å²) < 4.78 is 35.1. The molecule has 0 saturated heterocycles.